The molecule has 112 valence electrons. The summed E-state index contributed by atoms with van der Waals surface area (Å²) in [6, 6.07) is 0. The molecular formula is C13H19BrN2O3S. The van der Waals surface area contributed by atoms with Crippen molar-refractivity contribution in [3.8, 4) is 0 Å². The largest absolute Gasteiger partial charge is 0.380 e. The van der Waals surface area contributed by atoms with Crippen LogP contribution in [0.3, 0.4) is 0 Å². The van der Waals surface area contributed by atoms with Gasteiger partial charge in [0.05, 0.1) is 6.61 Å². The summed E-state index contributed by atoms with van der Waals surface area (Å²) in [7, 11) is 0. The molecule has 1 fully saturated rings. The van der Waals surface area contributed by atoms with Crippen LogP contribution in [-0.2, 0) is 14.3 Å². The highest BCUT2D eigenvalue weighted by atomic mass is 79.9. The Morgan fingerprint density at radius 2 is 1.95 bits per heavy atom. The van der Waals surface area contributed by atoms with Gasteiger partial charge in [0, 0.05) is 13.0 Å². The van der Waals surface area contributed by atoms with Gasteiger partial charge in [-0.15, -0.1) is 0 Å². The molecule has 0 aromatic carbocycles. The standard InChI is InChI=1S/C13H19BrN2O3S/c1-8(2)4-5-19-7-13(6-9(3)14)10(17)15-12(20)16-11(13)18/h8H,3-7H2,1-2H3,(H2,15,16,17,18,20). The molecule has 0 aliphatic carbocycles. The number of carbonyl (C=O) groups is 2. The molecule has 1 heterocycles. The minimum atomic E-state index is -1.32. The van der Waals surface area contributed by atoms with E-state index in [9.17, 15) is 9.59 Å². The summed E-state index contributed by atoms with van der Waals surface area (Å²) in [6.07, 6.45) is 1.03. The number of thiocarbonyl (C=S) groups is 1. The molecule has 0 bridgehead atoms. The van der Waals surface area contributed by atoms with E-state index < -0.39 is 17.2 Å². The van der Waals surface area contributed by atoms with Gasteiger partial charge in [-0.1, -0.05) is 36.4 Å². The maximum atomic E-state index is 12.2. The van der Waals surface area contributed by atoms with Crippen molar-refractivity contribution in [2.75, 3.05) is 13.2 Å². The molecule has 20 heavy (non-hydrogen) atoms. The molecule has 0 aromatic rings. The Balaban J connectivity index is 2.80. The van der Waals surface area contributed by atoms with Crippen LogP contribution in [-0.4, -0.2) is 30.1 Å². The van der Waals surface area contributed by atoms with Crippen molar-refractivity contribution in [1.29, 1.82) is 0 Å². The smallest absolute Gasteiger partial charge is 0.244 e. The molecule has 0 saturated carbocycles. The number of rotatable bonds is 7. The second-order valence-electron chi connectivity index (χ2n) is 5.25. The Morgan fingerprint density at radius 1 is 1.40 bits per heavy atom. The molecular weight excluding hydrogens is 344 g/mol. The fraction of sp³-hybridized carbons (Fsp3) is 0.615. The van der Waals surface area contributed by atoms with Gasteiger partial charge in [-0.05, 0) is 29.0 Å². The van der Waals surface area contributed by atoms with Gasteiger partial charge < -0.3 is 15.4 Å². The van der Waals surface area contributed by atoms with E-state index >= 15 is 0 Å². The topological polar surface area (TPSA) is 67.4 Å². The normalized spacial score (nSPS) is 17.9. The summed E-state index contributed by atoms with van der Waals surface area (Å²) >= 11 is 8.01. The average molecular weight is 363 g/mol. The third kappa shape index (κ3) is 4.36. The van der Waals surface area contributed by atoms with Crippen LogP contribution in [0.2, 0.25) is 0 Å². The molecule has 0 spiro atoms. The predicted octanol–water partition coefficient (Wildman–Crippen LogP) is 1.87. The molecule has 5 nitrogen and oxygen atoms in total. The first-order valence-corrected chi connectivity index (χ1v) is 7.56. The summed E-state index contributed by atoms with van der Waals surface area (Å²) < 4.78 is 6.10. The van der Waals surface area contributed by atoms with Crippen LogP contribution in [0.15, 0.2) is 11.1 Å². The highest BCUT2D eigenvalue weighted by Crippen LogP contribution is 2.31. The van der Waals surface area contributed by atoms with E-state index in [-0.39, 0.29) is 18.1 Å². The molecule has 2 N–H and O–H groups in total. The van der Waals surface area contributed by atoms with Crippen LogP contribution in [0, 0.1) is 11.3 Å². The zero-order valence-electron chi connectivity index (χ0n) is 11.6. The molecule has 2 amide bonds. The van der Waals surface area contributed by atoms with Crippen molar-refractivity contribution >= 4 is 45.1 Å². The van der Waals surface area contributed by atoms with E-state index in [1.807, 2.05) is 0 Å². The van der Waals surface area contributed by atoms with Gasteiger partial charge in [-0.2, -0.15) is 0 Å². The Kier molecular flexibility index (Phi) is 6.29. The number of carbonyl (C=O) groups excluding carboxylic acids is 2. The van der Waals surface area contributed by atoms with Crippen LogP contribution < -0.4 is 10.6 Å². The highest BCUT2D eigenvalue weighted by molar-refractivity contribution is 9.11. The zero-order valence-corrected chi connectivity index (χ0v) is 14.0. The lowest BCUT2D eigenvalue weighted by molar-refractivity contribution is -0.148. The van der Waals surface area contributed by atoms with Gasteiger partial charge in [-0.25, -0.2) is 0 Å². The molecule has 0 radical (unpaired) electrons. The summed E-state index contributed by atoms with van der Waals surface area (Å²) in [5.41, 5.74) is -1.32. The van der Waals surface area contributed by atoms with Crippen molar-refractivity contribution in [2.45, 2.75) is 26.7 Å². The average Bonchev–Trinajstić information content (AvgIpc) is 2.30. The SMILES string of the molecule is C=C(Br)CC1(COCCC(C)C)C(=O)NC(=S)NC1=O. The highest BCUT2D eigenvalue weighted by Gasteiger charge is 2.49. The van der Waals surface area contributed by atoms with E-state index in [1.165, 1.54) is 0 Å². The number of hydrogen-bond donors (Lipinski definition) is 2. The fourth-order valence-corrected chi connectivity index (χ4v) is 2.48. The Hall–Kier alpha value is -0.790. The van der Waals surface area contributed by atoms with Gasteiger partial charge in [0.2, 0.25) is 11.8 Å². The van der Waals surface area contributed by atoms with Gasteiger partial charge in [0.1, 0.15) is 0 Å². The van der Waals surface area contributed by atoms with Gasteiger partial charge in [0.15, 0.2) is 10.5 Å². The van der Waals surface area contributed by atoms with E-state index in [2.05, 4.69) is 47.0 Å². The maximum Gasteiger partial charge on any atom is 0.244 e. The van der Waals surface area contributed by atoms with Gasteiger partial charge in [-0.3, -0.25) is 9.59 Å². The van der Waals surface area contributed by atoms with Gasteiger partial charge in [0.25, 0.3) is 0 Å². The van der Waals surface area contributed by atoms with Crippen LogP contribution in [0.25, 0.3) is 0 Å². The van der Waals surface area contributed by atoms with Gasteiger partial charge >= 0.3 is 0 Å². The monoisotopic (exact) mass is 362 g/mol. The first-order valence-electron chi connectivity index (χ1n) is 6.36. The number of ether oxygens (including phenoxy) is 1. The van der Waals surface area contributed by atoms with E-state index in [1.54, 1.807) is 0 Å². The van der Waals surface area contributed by atoms with Crippen LogP contribution in [0.1, 0.15) is 26.7 Å². The van der Waals surface area contributed by atoms with E-state index in [0.717, 1.165) is 6.42 Å². The van der Waals surface area contributed by atoms with Crippen LogP contribution in [0.4, 0.5) is 0 Å². The fourth-order valence-electron chi connectivity index (χ4n) is 1.82. The maximum absolute atomic E-state index is 12.2. The van der Waals surface area contributed by atoms with E-state index in [0.29, 0.717) is 17.0 Å². The predicted molar refractivity (Wildman–Crippen MR) is 84.3 cm³/mol. The molecule has 0 unspecified atom stereocenters. The number of nitrogens with one attached hydrogen (secondary N) is 2. The van der Waals surface area contributed by atoms with Crippen LogP contribution in [0.5, 0.6) is 0 Å². The number of hydrogen-bond acceptors (Lipinski definition) is 4. The lowest BCUT2D eigenvalue weighted by Crippen LogP contribution is -2.64. The minimum absolute atomic E-state index is 0.00458. The minimum Gasteiger partial charge on any atom is -0.380 e. The Morgan fingerprint density at radius 3 is 2.40 bits per heavy atom. The van der Waals surface area contributed by atoms with Crippen molar-refractivity contribution in [3.05, 3.63) is 11.1 Å². The lowest BCUT2D eigenvalue weighted by Gasteiger charge is -2.34. The molecule has 1 saturated heterocycles. The molecule has 0 aromatic heterocycles. The quantitative estimate of drug-likeness (QED) is 0.412. The van der Waals surface area contributed by atoms with Crippen molar-refractivity contribution in [2.24, 2.45) is 11.3 Å². The Bertz CT molecular complexity index is 417. The number of halogens is 1. The first kappa shape index (κ1) is 17.3. The molecule has 0 atom stereocenters. The third-order valence-electron chi connectivity index (χ3n) is 3.01. The number of allylic oxidation sites excluding steroid dienone is 1. The van der Waals surface area contributed by atoms with Crippen LogP contribution >= 0.6 is 28.1 Å². The molecule has 1 aliphatic heterocycles. The summed E-state index contributed by atoms with van der Waals surface area (Å²) in [4.78, 5) is 24.4. The van der Waals surface area contributed by atoms with Crippen molar-refractivity contribution < 1.29 is 14.3 Å². The molecule has 7 heteroatoms. The number of amides is 2. The summed E-state index contributed by atoms with van der Waals surface area (Å²) in [5, 5.41) is 4.97. The summed E-state index contributed by atoms with van der Waals surface area (Å²) in [6.45, 7) is 8.37. The zero-order chi connectivity index (χ0) is 15.3. The second-order valence-corrected chi connectivity index (χ2v) is 6.78. The van der Waals surface area contributed by atoms with Crippen molar-refractivity contribution in [1.82, 2.24) is 10.6 Å². The first-order chi connectivity index (χ1) is 9.28. The lowest BCUT2D eigenvalue weighted by atomic mass is 9.82. The molecule has 1 aliphatic rings. The Labute approximate surface area is 132 Å². The third-order valence-corrected chi connectivity index (χ3v) is 3.49. The summed E-state index contributed by atoms with van der Waals surface area (Å²) in [5.74, 6) is -0.397. The van der Waals surface area contributed by atoms with E-state index in [4.69, 9.17) is 17.0 Å². The van der Waals surface area contributed by atoms with Crippen molar-refractivity contribution in [3.63, 3.8) is 0 Å². The second kappa shape index (κ2) is 7.28. The molecule has 1 rings (SSSR count).